The third-order valence-electron chi connectivity index (χ3n) is 4.32. The highest BCUT2D eigenvalue weighted by atomic mass is 32.2. The molecule has 6 nitrogen and oxygen atoms in total. The van der Waals surface area contributed by atoms with Crippen molar-refractivity contribution in [3.63, 3.8) is 0 Å². The second-order valence-corrected chi connectivity index (χ2v) is 9.04. The van der Waals surface area contributed by atoms with Crippen molar-refractivity contribution in [1.82, 2.24) is 15.5 Å². The molecule has 2 atom stereocenters. The van der Waals surface area contributed by atoms with Crippen molar-refractivity contribution in [2.75, 3.05) is 37.7 Å². The van der Waals surface area contributed by atoms with Crippen LogP contribution in [0.5, 0.6) is 0 Å². The Morgan fingerprint density at radius 1 is 1.32 bits per heavy atom. The van der Waals surface area contributed by atoms with Gasteiger partial charge in [0.05, 0.1) is 18.1 Å². The van der Waals surface area contributed by atoms with Gasteiger partial charge >= 0.3 is 0 Å². The zero-order valence-electron chi connectivity index (χ0n) is 15.9. The molecule has 25 heavy (non-hydrogen) atoms. The minimum absolute atomic E-state index is 0.0576. The van der Waals surface area contributed by atoms with Crippen LogP contribution >= 0.6 is 0 Å². The summed E-state index contributed by atoms with van der Waals surface area (Å²) in [6, 6.07) is 0.205. The molecule has 0 aromatic rings. The first-order chi connectivity index (χ1) is 11.8. The van der Waals surface area contributed by atoms with Crippen LogP contribution in [0.3, 0.4) is 0 Å². The summed E-state index contributed by atoms with van der Waals surface area (Å²) in [6.45, 7) is 17.0. The molecule has 1 aliphatic rings. The number of rotatable bonds is 10. The van der Waals surface area contributed by atoms with E-state index >= 15 is 0 Å². The van der Waals surface area contributed by atoms with Crippen LogP contribution in [0.4, 0.5) is 0 Å². The second-order valence-electron chi connectivity index (χ2n) is 6.81. The fraction of sp³-hybridized carbons (Fsp3) is 0.722. The normalized spacial score (nSPS) is 21.3. The maximum absolute atomic E-state index is 11.6. The Hall–Kier alpha value is -1.34. The van der Waals surface area contributed by atoms with Crippen molar-refractivity contribution in [3.8, 4) is 0 Å². The van der Waals surface area contributed by atoms with E-state index in [9.17, 15) is 8.42 Å². The predicted molar refractivity (Wildman–Crippen MR) is 107 cm³/mol. The molecule has 1 rings (SSSR count). The van der Waals surface area contributed by atoms with Crippen LogP contribution in [0.2, 0.25) is 0 Å². The van der Waals surface area contributed by atoms with Gasteiger partial charge in [-0.1, -0.05) is 26.0 Å². The molecule has 1 heterocycles. The van der Waals surface area contributed by atoms with Crippen LogP contribution < -0.4 is 10.6 Å². The van der Waals surface area contributed by atoms with Gasteiger partial charge in [-0.3, -0.25) is 9.89 Å². The largest absolute Gasteiger partial charge is 0.357 e. The Balaban J connectivity index is 2.80. The Labute approximate surface area is 153 Å². The van der Waals surface area contributed by atoms with Gasteiger partial charge in [-0.05, 0) is 19.3 Å². The monoisotopic (exact) mass is 370 g/mol. The number of nitrogens with one attached hydrogen (secondary N) is 2. The van der Waals surface area contributed by atoms with Gasteiger partial charge in [0, 0.05) is 31.7 Å². The smallest absolute Gasteiger partial charge is 0.191 e. The molecule has 0 aromatic carbocycles. The molecule has 144 valence electrons. The molecule has 0 spiro atoms. The number of sulfone groups is 1. The molecule has 1 fully saturated rings. The van der Waals surface area contributed by atoms with Crippen molar-refractivity contribution in [2.45, 2.75) is 39.3 Å². The summed E-state index contributed by atoms with van der Waals surface area (Å²) in [4.78, 5) is 7.02. The Bertz CT molecular complexity index is 547. The lowest BCUT2D eigenvalue weighted by atomic mass is 10.0. The molecular formula is C18H34N4O2S. The Kier molecular flexibility index (Phi) is 9.21. The quantitative estimate of drug-likeness (QED) is 0.346. The van der Waals surface area contributed by atoms with Crippen LogP contribution in [0, 0.1) is 5.92 Å². The summed E-state index contributed by atoms with van der Waals surface area (Å²) < 4.78 is 23.3. The van der Waals surface area contributed by atoms with E-state index in [2.05, 4.69) is 42.5 Å². The van der Waals surface area contributed by atoms with Crippen molar-refractivity contribution < 1.29 is 8.42 Å². The zero-order valence-corrected chi connectivity index (χ0v) is 16.7. The third-order valence-corrected chi connectivity index (χ3v) is 6.09. The summed E-state index contributed by atoms with van der Waals surface area (Å²) in [5, 5.41) is 6.49. The fourth-order valence-electron chi connectivity index (χ4n) is 3.03. The first-order valence-corrected chi connectivity index (χ1v) is 10.9. The number of hydrogen-bond acceptors (Lipinski definition) is 4. The van der Waals surface area contributed by atoms with E-state index in [-0.39, 0.29) is 23.6 Å². The molecule has 1 aliphatic heterocycles. The Morgan fingerprint density at radius 2 is 1.96 bits per heavy atom. The number of aliphatic imine (C=N–C) groups is 1. The standard InChI is InChI=1S/C18H34N4O2S/c1-6-10-22(11-7-2)17(15(4)5)13-20-18(19-8-3)21-16-9-12-25(23,24)14-16/h6-7,15-17H,1-2,8-14H2,3-5H3,(H2,19,20,21). The van der Waals surface area contributed by atoms with Crippen LogP contribution in [-0.4, -0.2) is 69.0 Å². The van der Waals surface area contributed by atoms with E-state index in [0.717, 1.165) is 19.6 Å². The third kappa shape index (κ3) is 7.61. The van der Waals surface area contributed by atoms with E-state index in [4.69, 9.17) is 4.99 Å². The van der Waals surface area contributed by atoms with Crippen molar-refractivity contribution in [3.05, 3.63) is 25.3 Å². The van der Waals surface area contributed by atoms with E-state index in [1.54, 1.807) is 0 Å². The molecule has 2 unspecified atom stereocenters. The SMILES string of the molecule is C=CCN(CC=C)C(CN=C(NCC)NC1CCS(=O)(=O)C1)C(C)C. The highest BCUT2D eigenvalue weighted by Gasteiger charge is 2.28. The van der Waals surface area contributed by atoms with Crippen LogP contribution in [0.15, 0.2) is 30.3 Å². The molecule has 0 amide bonds. The molecule has 1 saturated heterocycles. The average molecular weight is 371 g/mol. The van der Waals surface area contributed by atoms with Gasteiger partial charge in [0.2, 0.25) is 0 Å². The van der Waals surface area contributed by atoms with Crippen LogP contribution in [0.25, 0.3) is 0 Å². The molecule has 0 radical (unpaired) electrons. The number of nitrogens with zero attached hydrogens (tertiary/aromatic N) is 2. The molecule has 0 bridgehead atoms. The maximum Gasteiger partial charge on any atom is 0.191 e. The van der Waals surface area contributed by atoms with Gasteiger partial charge in [-0.15, -0.1) is 13.2 Å². The molecule has 0 aliphatic carbocycles. The van der Waals surface area contributed by atoms with E-state index in [1.165, 1.54) is 0 Å². The summed E-state index contributed by atoms with van der Waals surface area (Å²) in [6.07, 6.45) is 4.43. The number of hydrogen-bond donors (Lipinski definition) is 2. The van der Waals surface area contributed by atoms with E-state index in [1.807, 2.05) is 19.1 Å². The van der Waals surface area contributed by atoms with Gasteiger partial charge in [0.25, 0.3) is 0 Å². The van der Waals surface area contributed by atoms with Crippen molar-refractivity contribution in [2.24, 2.45) is 10.9 Å². The lowest BCUT2D eigenvalue weighted by molar-refractivity contribution is 0.195. The van der Waals surface area contributed by atoms with E-state index < -0.39 is 9.84 Å². The van der Waals surface area contributed by atoms with Gasteiger partial charge in [-0.2, -0.15) is 0 Å². The first kappa shape index (κ1) is 21.7. The highest BCUT2D eigenvalue weighted by molar-refractivity contribution is 7.91. The molecule has 2 N–H and O–H groups in total. The first-order valence-electron chi connectivity index (χ1n) is 9.04. The van der Waals surface area contributed by atoms with Gasteiger partial charge in [0.15, 0.2) is 15.8 Å². The second kappa shape index (κ2) is 10.6. The molecule has 0 aromatic heterocycles. The highest BCUT2D eigenvalue weighted by Crippen LogP contribution is 2.13. The van der Waals surface area contributed by atoms with Crippen LogP contribution in [-0.2, 0) is 9.84 Å². The van der Waals surface area contributed by atoms with E-state index in [0.29, 0.717) is 24.8 Å². The van der Waals surface area contributed by atoms with Gasteiger partial charge in [0.1, 0.15) is 0 Å². The topological polar surface area (TPSA) is 73.8 Å². The lowest BCUT2D eigenvalue weighted by Crippen LogP contribution is -2.46. The molecule has 7 heteroatoms. The summed E-state index contributed by atoms with van der Waals surface area (Å²) in [5.74, 6) is 1.56. The van der Waals surface area contributed by atoms with Gasteiger partial charge in [-0.25, -0.2) is 8.42 Å². The number of guanidine groups is 1. The minimum Gasteiger partial charge on any atom is -0.357 e. The Morgan fingerprint density at radius 3 is 2.40 bits per heavy atom. The lowest BCUT2D eigenvalue weighted by Gasteiger charge is -2.32. The minimum atomic E-state index is -2.90. The average Bonchev–Trinajstić information content (AvgIpc) is 2.86. The fourth-order valence-corrected chi connectivity index (χ4v) is 4.71. The zero-order chi connectivity index (χ0) is 18.9. The molecule has 0 saturated carbocycles. The van der Waals surface area contributed by atoms with Crippen LogP contribution in [0.1, 0.15) is 27.2 Å². The summed E-state index contributed by atoms with van der Waals surface area (Å²) >= 11 is 0. The summed E-state index contributed by atoms with van der Waals surface area (Å²) in [7, 11) is -2.90. The van der Waals surface area contributed by atoms with Gasteiger partial charge < -0.3 is 10.6 Å². The van der Waals surface area contributed by atoms with Crippen molar-refractivity contribution >= 4 is 15.8 Å². The summed E-state index contributed by atoms with van der Waals surface area (Å²) in [5.41, 5.74) is 0. The predicted octanol–water partition coefficient (Wildman–Crippen LogP) is 1.43. The maximum atomic E-state index is 11.6. The van der Waals surface area contributed by atoms with Crippen molar-refractivity contribution in [1.29, 1.82) is 0 Å². The molecular weight excluding hydrogens is 336 g/mol.